The molecular formula is C40H30N10O12S2. The van der Waals surface area contributed by atoms with Gasteiger partial charge in [0.15, 0.2) is 11.4 Å². The van der Waals surface area contributed by atoms with Gasteiger partial charge >= 0.3 is 5.97 Å². The molecule has 5 aromatic rings. The summed E-state index contributed by atoms with van der Waals surface area (Å²) in [5, 5.41) is 37.2. The van der Waals surface area contributed by atoms with Gasteiger partial charge < -0.3 is 20.9 Å². The van der Waals surface area contributed by atoms with Crippen LogP contribution in [0.5, 0.6) is 5.75 Å². The van der Waals surface area contributed by atoms with Gasteiger partial charge in [0.2, 0.25) is 11.8 Å². The number of ether oxygens (including phenoxy) is 1. The summed E-state index contributed by atoms with van der Waals surface area (Å²) in [6.07, 6.45) is 1.01. The zero-order valence-electron chi connectivity index (χ0n) is 32.6. The normalized spacial score (nSPS) is 15.9. The number of hydrogen-bond acceptors (Lipinski definition) is 17. The molecule has 1 aliphatic carbocycles. The third kappa shape index (κ3) is 9.58. The van der Waals surface area contributed by atoms with Gasteiger partial charge in [0.25, 0.3) is 32.1 Å². The Morgan fingerprint density at radius 3 is 2.22 bits per heavy atom. The third-order valence-electron chi connectivity index (χ3n) is 9.10. The zero-order valence-corrected chi connectivity index (χ0v) is 34.2. The van der Waals surface area contributed by atoms with Crippen molar-refractivity contribution in [3.8, 4) is 5.75 Å². The molecule has 0 spiro atoms. The first kappa shape index (κ1) is 43.8. The van der Waals surface area contributed by atoms with E-state index in [9.17, 15) is 50.2 Å². The number of Topliss-reactive ketones (excluding diaryl/α,β-unsaturated/α-hetero) is 1. The molecule has 7 rings (SSSR count). The molecule has 1 atom stereocenters. The largest absolute Gasteiger partial charge is 0.494 e. The average molecular weight is 907 g/mol. The van der Waals surface area contributed by atoms with Crippen molar-refractivity contribution in [3.05, 3.63) is 131 Å². The van der Waals surface area contributed by atoms with Crippen molar-refractivity contribution in [2.24, 2.45) is 30.7 Å². The van der Waals surface area contributed by atoms with Gasteiger partial charge in [0.05, 0.1) is 34.8 Å². The van der Waals surface area contributed by atoms with Crippen molar-refractivity contribution in [1.29, 1.82) is 0 Å². The van der Waals surface area contributed by atoms with Crippen LogP contribution >= 0.6 is 0 Å². The average Bonchev–Trinajstić information content (AvgIpc) is 3.60. The summed E-state index contributed by atoms with van der Waals surface area (Å²) in [7, 11) is -8.23. The SMILES string of the molecule is COc1cc(N=Nc2cccc(S(=O)(=O)O)c2)ccc1N=NC1C(=O)N(c2cccc(N/N=C3/C(=O)c4ccc(NC(=O)c5ccc(N)cc5)cc4C=C3S(=O)(=O)O)c2)N=C1C(=O)O. The van der Waals surface area contributed by atoms with Gasteiger partial charge in [-0.1, -0.05) is 12.1 Å². The number of nitrogens with zero attached hydrogens (tertiary/aromatic N) is 7. The number of methoxy groups -OCH3 is 1. The van der Waals surface area contributed by atoms with Gasteiger partial charge in [-0.05, 0) is 103 Å². The number of hydrogen-bond donors (Lipinski definition) is 6. The summed E-state index contributed by atoms with van der Waals surface area (Å²) in [5.74, 6) is -3.84. The molecule has 5 aromatic carbocycles. The fourth-order valence-corrected chi connectivity index (χ4v) is 7.21. The van der Waals surface area contributed by atoms with Crippen molar-refractivity contribution in [2.75, 3.05) is 28.6 Å². The summed E-state index contributed by atoms with van der Waals surface area (Å²) in [5.41, 5.74) is 8.28. The minimum Gasteiger partial charge on any atom is -0.494 e. The predicted octanol–water partition coefficient (Wildman–Crippen LogP) is 6.02. The molecule has 0 radical (unpaired) electrons. The van der Waals surface area contributed by atoms with E-state index >= 15 is 0 Å². The van der Waals surface area contributed by atoms with Crippen LogP contribution in [0, 0.1) is 0 Å². The number of allylic oxidation sites excluding steroid dienone is 1. The zero-order chi connectivity index (χ0) is 45.9. The van der Waals surface area contributed by atoms with E-state index in [0.29, 0.717) is 5.69 Å². The molecule has 1 aliphatic heterocycles. The summed E-state index contributed by atoms with van der Waals surface area (Å²) in [4.78, 5) is 51.0. The molecular weight excluding hydrogens is 877 g/mol. The van der Waals surface area contributed by atoms with E-state index in [-0.39, 0.29) is 61.5 Å². The highest BCUT2D eigenvalue weighted by Crippen LogP contribution is 2.35. The van der Waals surface area contributed by atoms with E-state index in [0.717, 1.165) is 17.2 Å². The lowest BCUT2D eigenvalue weighted by Gasteiger charge is -2.18. The Morgan fingerprint density at radius 2 is 1.53 bits per heavy atom. The van der Waals surface area contributed by atoms with Crippen molar-refractivity contribution >= 4 is 101 Å². The van der Waals surface area contributed by atoms with Gasteiger partial charge in [-0.25, -0.2) is 4.79 Å². The minimum atomic E-state index is -5.05. The summed E-state index contributed by atoms with van der Waals surface area (Å²) in [6, 6.07) is 23.3. The van der Waals surface area contributed by atoms with Gasteiger partial charge in [0.1, 0.15) is 16.3 Å². The number of carbonyl (C=O) groups excluding carboxylic acids is 3. The van der Waals surface area contributed by atoms with Gasteiger partial charge in [-0.2, -0.15) is 52.5 Å². The number of anilines is 4. The number of ketones is 1. The molecule has 7 N–H and O–H groups in total. The number of fused-ring (bicyclic) bond motifs is 1. The quantitative estimate of drug-likeness (QED) is 0.0340. The Kier molecular flexibility index (Phi) is 12.0. The molecule has 64 heavy (non-hydrogen) atoms. The fraction of sp³-hybridized carbons (Fsp3) is 0.0500. The highest BCUT2D eigenvalue weighted by molar-refractivity contribution is 7.91. The molecule has 0 saturated carbocycles. The van der Waals surface area contributed by atoms with E-state index < -0.39 is 66.2 Å². The molecule has 0 aromatic heterocycles. The lowest BCUT2D eigenvalue weighted by Crippen LogP contribution is -2.33. The minimum absolute atomic E-state index is 0.000443. The molecule has 2 amide bonds. The van der Waals surface area contributed by atoms with Gasteiger partial charge in [-0.15, -0.1) is 0 Å². The number of rotatable bonds is 13. The first-order valence-electron chi connectivity index (χ1n) is 18.1. The number of carbonyl (C=O) groups is 4. The lowest BCUT2D eigenvalue weighted by molar-refractivity contribution is -0.130. The maximum Gasteiger partial charge on any atom is 0.355 e. The van der Waals surface area contributed by atoms with Crippen LogP contribution in [0.2, 0.25) is 0 Å². The summed E-state index contributed by atoms with van der Waals surface area (Å²) < 4.78 is 72.7. The Labute approximate surface area is 361 Å². The smallest absolute Gasteiger partial charge is 0.355 e. The van der Waals surface area contributed by atoms with E-state index in [1.54, 1.807) is 0 Å². The molecule has 324 valence electrons. The number of benzene rings is 5. The maximum atomic E-state index is 13.6. The van der Waals surface area contributed by atoms with E-state index in [4.69, 9.17) is 10.5 Å². The first-order chi connectivity index (χ1) is 30.4. The fourth-order valence-electron chi connectivity index (χ4n) is 6.03. The second-order valence-electron chi connectivity index (χ2n) is 13.4. The number of carboxylic acid groups (broad SMARTS) is 1. The Morgan fingerprint density at radius 1 is 0.812 bits per heavy atom. The van der Waals surface area contributed by atoms with Gasteiger partial charge in [-0.3, -0.25) is 28.9 Å². The van der Waals surface area contributed by atoms with Gasteiger partial charge in [0, 0.05) is 28.6 Å². The molecule has 0 fully saturated rings. The van der Waals surface area contributed by atoms with Crippen LogP contribution in [-0.2, 0) is 29.8 Å². The molecule has 1 heterocycles. The summed E-state index contributed by atoms with van der Waals surface area (Å²) in [6.45, 7) is 0. The van der Waals surface area contributed by atoms with Crippen LogP contribution in [0.25, 0.3) is 6.08 Å². The number of nitrogen functional groups attached to an aromatic ring is 1. The maximum absolute atomic E-state index is 13.6. The Hall–Kier alpha value is -8.32. The number of azo groups is 2. The number of aliphatic carboxylic acids is 1. The van der Waals surface area contributed by atoms with Crippen LogP contribution in [0.15, 0.2) is 150 Å². The first-order valence-corrected chi connectivity index (χ1v) is 21.0. The predicted molar refractivity (Wildman–Crippen MR) is 231 cm³/mol. The molecule has 24 heteroatoms. The molecule has 0 bridgehead atoms. The van der Waals surface area contributed by atoms with Crippen molar-refractivity contribution in [2.45, 2.75) is 10.9 Å². The second-order valence-corrected chi connectivity index (χ2v) is 16.2. The molecule has 22 nitrogen and oxygen atoms in total. The number of carboxylic acids is 1. The van der Waals surface area contributed by atoms with Crippen LogP contribution in [0.1, 0.15) is 26.3 Å². The highest BCUT2D eigenvalue weighted by Gasteiger charge is 2.41. The number of amides is 2. The van der Waals surface area contributed by atoms with Crippen molar-refractivity contribution in [1.82, 2.24) is 0 Å². The number of hydrazone groups is 2. The highest BCUT2D eigenvalue weighted by atomic mass is 32.2. The second kappa shape index (κ2) is 17.6. The third-order valence-corrected chi connectivity index (χ3v) is 10.8. The lowest BCUT2D eigenvalue weighted by atomic mass is 9.94. The topological polar surface area (TPSA) is 334 Å². The standard InChI is InChI=1S/C40H30N10O12S2/c1-62-32-20-27(44-43-26-5-3-7-29(19-26)63(56,57)58)13-15-31(32)46-48-35-36(40(54)55)49-50(39(35)53)28-6-2-4-25(18-28)45-47-34-33(64(59,60)61)17-22-16-24(12-14-30(22)37(34)51)42-38(52)21-8-10-23(41)11-9-21/h2-20,35,45H,41H2,1H3,(H,42,52)(H,54,55)(H,56,57,58)(H,59,60,61)/b44-43?,47-34+,48-46?. The molecule has 0 saturated heterocycles. The van der Waals surface area contributed by atoms with E-state index in [2.05, 4.69) is 41.4 Å². The van der Waals surface area contributed by atoms with Crippen molar-refractivity contribution in [3.63, 3.8) is 0 Å². The van der Waals surface area contributed by atoms with E-state index in [1.165, 1.54) is 110 Å². The van der Waals surface area contributed by atoms with Crippen LogP contribution < -0.4 is 26.2 Å². The van der Waals surface area contributed by atoms with Crippen LogP contribution in [-0.4, -0.2) is 79.2 Å². The molecule has 1 unspecified atom stereocenters. The monoisotopic (exact) mass is 906 g/mol. The Bertz CT molecular complexity index is 3170. The van der Waals surface area contributed by atoms with E-state index in [1.807, 2.05) is 0 Å². The number of nitrogens with two attached hydrogens (primary N) is 1. The molecule has 2 aliphatic rings. The van der Waals surface area contributed by atoms with Crippen molar-refractivity contribution < 1.29 is 55.0 Å². The summed E-state index contributed by atoms with van der Waals surface area (Å²) >= 11 is 0. The van der Waals surface area contributed by atoms with Crippen LogP contribution in [0.4, 0.5) is 39.8 Å². The van der Waals surface area contributed by atoms with Crippen LogP contribution in [0.3, 0.4) is 0 Å². The number of nitrogens with one attached hydrogen (secondary N) is 2. The Balaban J connectivity index is 1.08.